The van der Waals surface area contributed by atoms with Gasteiger partial charge in [0, 0.05) is 7.05 Å². The zero-order valence-electron chi connectivity index (χ0n) is 9.74. The number of halogens is 1. The minimum absolute atomic E-state index is 0.0671. The van der Waals surface area contributed by atoms with E-state index in [1.807, 2.05) is 19.9 Å². The van der Waals surface area contributed by atoms with Gasteiger partial charge in [0.15, 0.2) is 4.67 Å². The maximum atomic E-state index is 11.8. The van der Waals surface area contributed by atoms with Gasteiger partial charge in [-0.15, -0.1) is 0 Å². The molecule has 0 aliphatic heterocycles. The van der Waals surface area contributed by atoms with Crippen molar-refractivity contribution in [3.05, 3.63) is 22.6 Å². The number of furan rings is 1. The third-order valence-corrected chi connectivity index (χ3v) is 2.83. The summed E-state index contributed by atoms with van der Waals surface area (Å²) in [6, 6.07) is 3.17. The first-order valence-electron chi connectivity index (χ1n) is 5.16. The highest BCUT2D eigenvalue weighted by Crippen LogP contribution is 2.15. The third kappa shape index (κ3) is 3.35. The van der Waals surface area contributed by atoms with Crippen molar-refractivity contribution in [2.24, 2.45) is 11.7 Å². The van der Waals surface area contributed by atoms with Crippen molar-refractivity contribution in [3.63, 3.8) is 0 Å². The molecule has 0 saturated carbocycles. The van der Waals surface area contributed by atoms with E-state index in [0.717, 1.165) is 5.76 Å². The monoisotopic (exact) mass is 288 g/mol. The lowest BCUT2D eigenvalue weighted by Crippen LogP contribution is -2.44. The molecule has 1 rings (SSSR count). The summed E-state index contributed by atoms with van der Waals surface area (Å²) < 4.78 is 5.99. The van der Waals surface area contributed by atoms with Crippen molar-refractivity contribution >= 4 is 21.8 Å². The van der Waals surface area contributed by atoms with Crippen LogP contribution < -0.4 is 5.73 Å². The zero-order chi connectivity index (χ0) is 12.3. The van der Waals surface area contributed by atoms with E-state index >= 15 is 0 Å². The van der Waals surface area contributed by atoms with Crippen LogP contribution in [0.2, 0.25) is 0 Å². The Balaban J connectivity index is 2.58. The van der Waals surface area contributed by atoms with Crippen LogP contribution in [0.5, 0.6) is 0 Å². The number of likely N-dealkylation sites (N-methyl/N-ethyl adjacent to an activating group) is 1. The number of nitrogens with zero attached hydrogens (tertiary/aromatic N) is 1. The molecule has 5 heteroatoms. The predicted octanol–water partition coefficient (Wildman–Crippen LogP) is 1.98. The Morgan fingerprint density at radius 3 is 2.62 bits per heavy atom. The predicted molar refractivity (Wildman–Crippen MR) is 65.7 cm³/mol. The van der Waals surface area contributed by atoms with Crippen molar-refractivity contribution in [1.82, 2.24) is 4.90 Å². The highest BCUT2D eigenvalue weighted by molar-refractivity contribution is 9.10. The van der Waals surface area contributed by atoms with E-state index in [2.05, 4.69) is 15.9 Å². The summed E-state index contributed by atoms with van der Waals surface area (Å²) in [6.07, 6.45) is 0. The van der Waals surface area contributed by atoms with E-state index in [9.17, 15) is 4.79 Å². The number of carbonyl (C=O) groups excluding carboxylic acids is 1. The minimum atomic E-state index is -0.455. The number of rotatable bonds is 4. The lowest BCUT2D eigenvalue weighted by Gasteiger charge is -2.22. The summed E-state index contributed by atoms with van der Waals surface area (Å²) in [4.78, 5) is 13.4. The second-order valence-electron chi connectivity index (χ2n) is 4.17. The van der Waals surface area contributed by atoms with Crippen LogP contribution in [0.3, 0.4) is 0 Å². The molecule has 0 radical (unpaired) electrons. The van der Waals surface area contributed by atoms with Crippen LogP contribution in [-0.2, 0) is 11.3 Å². The highest BCUT2D eigenvalue weighted by atomic mass is 79.9. The molecule has 1 unspecified atom stereocenters. The fourth-order valence-electron chi connectivity index (χ4n) is 1.29. The molecule has 0 aromatic carbocycles. The number of hydrogen-bond donors (Lipinski definition) is 1. The molecule has 0 bridgehead atoms. The van der Waals surface area contributed by atoms with Crippen molar-refractivity contribution in [2.75, 3.05) is 7.05 Å². The highest BCUT2D eigenvalue weighted by Gasteiger charge is 2.21. The first-order valence-corrected chi connectivity index (χ1v) is 5.96. The van der Waals surface area contributed by atoms with Gasteiger partial charge < -0.3 is 15.1 Å². The maximum absolute atomic E-state index is 11.8. The van der Waals surface area contributed by atoms with Crippen LogP contribution in [0.4, 0.5) is 0 Å². The molecule has 0 spiro atoms. The molecular weight excluding hydrogens is 272 g/mol. The van der Waals surface area contributed by atoms with E-state index in [0.29, 0.717) is 11.2 Å². The Labute approximate surface area is 104 Å². The summed E-state index contributed by atoms with van der Waals surface area (Å²) >= 11 is 3.22. The summed E-state index contributed by atoms with van der Waals surface area (Å²) in [5, 5.41) is 0. The van der Waals surface area contributed by atoms with Crippen molar-refractivity contribution < 1.29 is 9.21 Å². The summed E-state index contributed by atoms with van der Waals surface area (Å²) in [5.74, 6) is 0.805. The van der Waals surface area contributed by atoms with E-state index in [4.69, 9.17) is 10.2 Å². The maximum Gasteiger partial charge on any atom is 0.239 e. The Kier molecular flexibility index (Phi) is 4.56. The Hall–Kier alpha value is -0.810. The summed E-state index contributed by atoms with van der Waals surface area (Å²) in [5.41, 5.74) is 5.79. The van der Waals surface area contributed by atoms with E-state index in [1.165, 1.54) is 0 Å². The molecule has 1 atom stereocenters. The molecule has 1 aromatic heterocycles. The Morgan fingerprint density at radius 1 is 1.56 bits per heavy atom. The van der Waals surface area contributed by atoms with Gasteiger partial charge in [-0.2, -0.15) is 0 Å². The molecule has 1 heterocycles. The average molecular weight is 289 g/mol. The molecule has 16 heavy (non-hydrogen) atoms. The van der Waals surface area contributed by atoms with Crippen LogP contribution in [-0.4, -0.2) is 23.9 Å². The number of hydrogen-bond acceptors (Lipinski definition) is 3. The van der Waals surface area contributed by atoms with Gasteiger partial charge in [-0.3, -0.25) is 4.79 Å². The van der Waals surface area contributed by atoms with Gasteiger partial charge in [-0.05, 0) is 34.0 Å². The van der Waals surface area contributed by atoms with Crippen molar-refractivity contribution in [1.29, 1.82) is 0 Å². The Bertz CT molecular complexity index is 363. The molecule has 90 valence electrons. The van der Waals surface area contributed by atoms with Gasteiger partial charge in [0.05, 0.1) is 12.6 Å². The SMILES string of the molecule is CC(C)C(N)C(=O)N(C)Cc1ccc(Br)o1. The molecular formula is C11H17BrN2O2. The fraction of sp³-hybridized carbons (Fsp3) is 0.545. The number of amides is 1. The molecule has 0 saturated heterocycles. The molecule has 1 aromatic rings. The lowest BCUT2D eigenvalue weighted by molar-refractivity contribution is -0.133. The van der Waals surface area contributed by atoms with Crippen LogP contribution in [0.15, 0.2) is 21.2 Å². The quantitative estimate of drug-likeness (QED) is 0.922. The van der Waals surface area contributed by atoms with Gasteiger partial charge in [0.2, 0.25) is 5.91 Å². The van der Waals surface area contributed by atoms with Gasteiger partial charge in [-0.25, -0.2) is 0 Å². The topological polar surface area (TPSA) is 59.5 Å². The normalized spacial score (nSPS) is 12.9. The first kappa shape index (κ1) is 13.3. The summed E-state index contributed by atoms with van der Waals surface area (Å²) in [6.45, 7) is 4.30. The molecule has 4 nitrogen and oxygen atoms in total. The average Bonchev–Trinajstić information content (AvgIpc) is 2.61. The van der Waals surface area contributed by atoms with Crippen LogP contribution in [0.25, 0.3) is 0 Å². The van der Waals surface area contributed by atoms with Gasteiger partial charge in [0.25, 0.3) is 0 Å². The minimum Gasteiger partial charge on any atom is -0.452 e. The molecule has 0 aliphatic carbocycles. The second kappa shape index (κ2) is 5.50. The van der Waals surface area contributed by atoms with Crippen molar-refractivity contribution in [3.8, 4) is 0 Å². The fourth-order valence-corrected chi connectivity index (χ4v) is 1.63. The van der Waals surface area contributed by atoms with Crippen LogP contribution >= 0.6 is 15.9 Å². The molecule has 0 fully saturated rings. The largest absolute Gasteiger partial charge is 0.452 e. The van der Waals surface area contributed by atoms with Gasteiger partial charge in [0.1, 0.15) is 5.76 Å². The smallest absolute Gasteiger partial charge is 0.239 e. The Morgan fingerprint density at radius 2 is 2.19 bits per heavy atom. The third-order valence-electron chi connectivity index (χ3n) is 2.40. The second-order valence-corrected chi connectivity index (χ2v) is 4.95. The first-order chi connectivity index (χ1) is 7.41. The van der Waals surface area contributed by atoms with Crippen molar-refractivity contribution in [2.45, 2.75) is 26.4 Å². The van der Waals surface area contributed by atoms with Gasteiger partial charge in [-0.1, -0.05) is 13.8 Å². The number of carbonyl (C=O) groups is 1. The van der Waals surface area contributed by atoms with Gasteiger partial charge >= 0.3 is 0 Å². The number of nitrogens with two attached hydrogens (primary N) is 1. The molecule has 0 aliphatic rings. The van der Waals surface area contributed by atoms with Crippen LogP contribution in [0.1, 0.15) is 19.6 Å². The molecule has 2 N–H and O–H groups in total. The molecule has 1 amide bonds. The van der Waals surface area contributed by atoms with E-state index in [-0.39, 0.29) is 11.8 Å². The van der Waals surface area contributed by atoms with E-state index in [1.54, 1.807) is 18.0 Å². The zero-order valence-corrected chi connectivity index (χ0v) is 11.3. The standard InChI is InChI=1S/C11H17BrN2O2/c1-7(2)10(13)11(15)14(3)6-8-4-5-9(12)16-8/h4-5,7,10H,6,13H2,1-3H3. The lowest BCUT2D eigenvalue weighted by atomic mass is 10.0. The van der Waals surface area contributed by atoms with E-state index < -0.39 is 6.04 Å². The summed E-state index contributed by atoms with van der Waals surface area (Å²) in [7, 11) is 1.72. The van der Waals surface area contributed by atoms with Crippen LogP contribution in [0, 0.1) is 5.92 Å².